The number of nitrogens with two attached hydrogens (primary N) is 1. The highest BCUT2D eigenvalue weighted by Crippen LogP contribution is 2.28. The Kier molecular flexibility index (Phi) is 5.71. The van der Waals surface area contributed by atoms with Gasteiger partial charge in [0.1, 0.15) is 0 Å². The highest BCUT2D eigenvalue weighted by molar-refractivity contribution is 6.33. The van der Waals surface area contributed by atoms with Crippen molar-refractivity contribution in [3.05, 3.63) is 28.8 Å². The lowest BCUT2D eigenvalue weighted by molar-refractivity contribution is 0.0695. The molecule has 0 bridgehead atoms. The molecule has 0 radical (unpaired) electrons. The van der Waals surface area contributed by atoms with Crippen molar-refractivity contribution in [1.82, 2.24) is 0 Å². The van der Waals surface area contributed by atoms with Gasteiger partial charge in [-0.3, -0.25) is 0 Å². The Labute approximate surface area is 107 Å². The SMILES string of the molecule is COCC(O)CN(C)c1c(Cl)cccc1CN. The van der Waals surface area contributed by atoms with E-state index in [1.165, 1.54) is 0 Å². The molecule has 4 nitrogen and oxygen atoms in total. The molecule has 17 heavy (non-hydrogen) atoms. The predicted octanol–water partition coefficient (Wildman–Crippen LogP) is 1.24. The van der Waals surface area contributed by atoms with Gasteiger partial charge in [0.25, 0.3) is 0 Å². The van der Waals surface area contributed by atoms with E-state index in [1.54, 1.807) is 7.11 Å². The molecule has 1 atom stereocenters. The molecule has 1 unspecified atom stereocenters. The normalized spacial score (nSPS) is 12.5. The molecule has 0 saturated carbocycles. The number of methoxy groups -OCH3 is 1. The maximum atomic E-state index is 9.69. The number of hydrogen-bond donors (Lipinski definition) is 2. The van der Waals surface area contributed by atoms with Crippen LogP contribution >= 0.6 is 11.6 Å². The topological polar surface area (TPSA) is 58.7 Å². The van der Waals surface area contributed by atoms with Gasteiger partial charge in [0.2, 0.25) is 0 Å². The Morgan fingerprint density at radius 2 is 2.24 bits per heavy atom. The second-order valence-corrected chi connectivity index (χ2v) is 4.35. The van der Waals surface area contributed by atoms with Crippen molar-refractivity contribution in [3.8, 4) is 0 Å². The lowest BCUT2D eigenvalue weighted by Gasteiger charge is -2.25. The van der Waals surface area contributed by atoms with Crippen LogP contribution in [0, 0.1) is 0 Å². The largest absolute Gasteiger partial charge is 0.389 e. The van der Waals surface area contributed by atoms with Crippen LogP contribution in [-0.2, 0) is 11.3 Å². The van der Waals surface area contributed by atoms with E-state index in [-0.39, 0.29) is 0 Å². The average molecular weight is 259 g/mol. The quantitative estimate of drug-likeness (QED) is 0.806. The number of ether oxygens (including phenoxy) is 1. The molecular weight excluding hydrogens is 240 g/mol. The molecule has 0 saturated heterocycles. The summed E-state index contributed by atoms with van der Waals surface area (Å²) >= 11 is 6.15. The van der Waals surface area contributed by atoms with Crippen molar-refractivity contribution >= 4 is 17.3 Å². The van der Waals surface area contributed by atoms with Crippen molar-refractivity contribution in [3.63, 3.8) is 0 Å². The molecule has 0 heterocycles. The number of aliphatic hydroxyl groups is 1. The molecule has 0 aliphatic carbocycles. The maximum Gasteiger partial charge on any atom is 0.0947 e. The number of halogens is 1. The molecule has 96 valence electrons. The van der Waals surface area contributed by atoms with Gasteiger partial charge in [-0.1, -0.05) is 23.7 Å². The van der Waals surface area contributed by atoms with E-state index in [2.05, 4.69) is 0 Å². The Morgan fingerprint density at radius 3 is 2.82 bits per heavy atom. The number of anilines is 1. The zero-order chi connectivity index (χ0) is 12.8. The number of likely N-dealkylation sites (N-methyl/N-ethyl adjacent to an activating group) is 1. The zero-order valence-corrected chi connectivity index (χ0v) is 10.9. The van der Waals surface area contributed by atoms with E-state index in [0.29, 0.717) is 24.7 Å². The van der Waals surface area contributed by atoms with E-state index in [1.807, 2.05) is 30.1 Å². The zero-order valence-electron chi connectivity index (χ0n) is 10.2. The van der Waals surface area contributed by atoms with Crippen LogP contribution in [-0.4, -0.2) is 38.5 Å². The van der Waals surface area contributed by atoms with Crippen LogP contribution in [0.5, 0.6) is 0 Å². The van der Waals surface area contributed by atoms with E-state index < -0.39 is 6.10 Å². The summed E-state index contributed by atoms with van der Waals surface area (Å²) < 4.78 is 4.89. The molecule has 0 spiro atoms. The van der Waals surface area contributed by atoms with Crippen LogP contribution in [0.1, 0.15) is 5.56 Å². The minimum absolute atomic E-state index is 0.298. The molecule has 0 aliphatic rings. The van der Waals surface area contributed by atoms with E-state index >= 15 is 0 Å². The van der Waals surface area contributed by atoms with Crippen LogP contribution in [0.2, 0.25) is 5.02 Å². The molecule has 0 aromatic heterocycles. The van der Waals surface area contributed by atoms with Gasteiger partial charge >= 0.3 is 0 Å². The molecule has 1 aromatic rings. The van der Waals surface area contributed by atoms with Gasteiger partial charge in [-0.2, -0.15) is 0 Å². The molecule has 1 aromatic carbocycles. The van der Waals surface area contributed by atoms with Crippen molar-refractivity contribution in [1.29, 1.82) is 0 Å². The number of benzene rings is 1. The molecular formula is C12H19ClN2O2. The molecule has 0 amide bonds. The van der Waals surface area contributed by atoms with Gasteiger partial charge in [-0.05, 0) is 11.6 Å². The fraction of sp³-hybridized carbons (Fsp3) is 0.500. The Hall–Kier alpha value is -0.810. The number of hydrogen-bond acceptors (Lipinski definition) is 4. The minimum atomic E-state index is -0.549. The summed E-state index contributed by atoms with van der Waals surface area (Å²) in [6, 6.07) is 5.61. The molecule has 0 fully saturated rings. The van der Waals surface area contributed by atoms with E-state index in [9.17, 15) is 5.11 Å². The van der Waals surface area contributed by atoms with Gasteiger partial charge in [0, 0.05) is 27.2 Å². The first-order valence-electron chi connectivity index (χ1n) is 5.45. The average Bonchev–Trinajstić information content (AvgIpc) is 2.28. The van der Waals surface area contributed by atoms with Crippen LogP contribution < -0.4 is 10.6 Å². The van der Waals surface area contributed by atoms with Crippen LogP contribution in [0.25, 0.3) is 0 Å². The first kappa shape index (κ1) is 14.3. The summed E-state index contributed by atoms with van der Waals surface area (Å²) in [5.74, 6) is 0. The number of aliphatic hydroxyl groups excluding tert-OH is 1. The Bertz CT molecular complexity index is 360. The molecule has 3 N–H and O–H groups in total. The third-order valence-electron chi connectivity index (χ3n) is 2.52. The number of para-hydroxylation sites is 1. The summed E-state index contributed by atoms with van der Waals surface area (Å²) in [6.07, 6.45) is -0.549. The van der Waals surface area contributed by atoms with Gasteiger partial charge in [-0.25, -0.2) is 0 Å². The molecule has 1 rings (SSSR count). The molecule has 5 heteroatoms. The lowest BCUT2D eigenvalue weighted by atomic mass is 10.1. The number of nitrogens with zero attached hydrogens (tertiary/aromatic N) is 1. The van der Waals surface area contributed by atoms with Crippen LogP contribution in [0.15, 0.2) is 18.2 Å². The third kappa shape index (κ3) is 3.85. The molecule has 0 aliphatic heterocycles. The Balaban J connectivity index is 2.84. The first-order valence-corrected chi connectivity index (χ1v) is 5.83. The van der Waals surface area contributed by atoms with Gasteiger partial charge in [-0.15, -0.1) is 0 Å². The predicted molar refractivity (Wildman–Crippen MR) is 70.5 cm³/mol. The van der Waals surface area contributed by atoms with Crippen LogP contribution in [0.3, 0.4) is 0 Å². The standard InChI is InChI=1S/C12H19ClN2O2/c1-15(7-10(16)8-17-2)12-9(6-14)4-3-5-11(12)13/h3-5,10,16H,6-8,14H2,1-2H3. The van der Waals surface area contributed by atoms with Gasteiger partial charge < -0.3 is 20.5 Å². The smallest absolute Gasteiger partial charge is 0.0947 e. The second-order valence-electron chi connectivity index (χ2n) is 3.94. The van der Waals surface area contributed by atoms with Crippen molar-refractivity contribution in [2.45, 2.75) is 12.6 Å². The van der Waals surface area contributed by atoms with Gasteiger partial charge in [0.05, 0.1) is 23.4 Å². The van der Waals surface area contributed by atoms with E-state index in [4.69, 9.17) is 22.1 Å². The number of rotatable bonds is 6. The monoisotopic (exact) mass is 258 g/mol. The van der Waals surface area contributed by atoms with Gasteiger partial charge in [0.15, 0.2) is 0 Å². The fourth-order valence-electron chi connectivity index (χ4n) is 1.80. The highest BCUT2D eigenvalue weighted by Gasteiger charge is 2.14. The summed E-state index contributed by atoms with van der Waals surface area (Å²) in [7, 11) is 3.43. The fourth-order valence-corrected chi connectivity index (χ4v) is 2.14. The highest BCUT2D eigenvalue weighted by atomic mass is 35.5. The third-order valence-corrected chi connectivity index (χ3v) is 2.82. The van der Waals surface area contributed by atoms with Crippen molar-refractivity contribution < 1.29 is 9.84 Å². The minimum Gasteiger partial charge on any atom is -0.389 e. The maximum absolute atomic E-state index is 9.69. The summed E-state index contributed by atoms with van der Waals surface area (Å²) in [5.41, 5.74) is 7.50. The Morgan fingerprint density at radius 1 is 1.53 bits per heavy atom. The van der Waals surface area contributed by atoms with Crippen LogP contribution in [0.4, 0.5) is 5.69 Å². The lowest BCUT2D eigenvalue weighted by Crippen LogP contribution is -2.32. The summed E-state index contributed by atoms with van der Waals surface area (Å²) in [6.45, 7) is 1.16. The van der Waals surface area contributed by atoms with Crippen molar-refractivity contribution in [2.24, 2.45) is 5.73 Å². The first-order chi connectivity index (χ1) is 8.10. The summed E-state index contributed by atoms with van der Waals surface area (Å²) in [5, 5.41) is 10.3. The summed E-state index contributed by atoms with van der Waals surface area (Å²) in [4.78, 5) is 1.90. The van der Waals surface area contributed by atoms with E-state index in [0.717, 1.165) is 11.3 Å². The second kappa shape index (κ2) is 6.81. The van der Waals surface area contributed by atoms with Crippen molar-refractivity contribution in [2.75, 3.05) is 32.2 Å².